The van der Waals surface area contributed by atoms with Gasteiger partial charge in [0.15, 0.2) is 0 Å². The fourth-order valence-corrected chi connectivity index (χ4v) is 1.49. The van der Waals surface area contributed by atoms with E-state index < -0.39 is 5.85 Å². The van der Waals surface area contributed by atoms with Gasteiger partial charge < -0.3 is 4.74 Å². The number of hydrogen-bond donors (Lipinski definition) is 1. The van der Waals surface area contributed by atoms with Crippen LogP contribution in [0.1, 0.15) is 0 Å². The molecule has 1 atom stereocenters. The molecule has 0 aliphatic rings. The third-order valence-electron chi connectivity index (χ3n) is 1.30. The van der Waals surface area contributed by atoms with Gasteiger partial charge in [0.2, 0.25) is 0 Å². The maximum absolute atomic E-state index is 12.4. The first-order valence-corrected chi connectivity index (χ1v) is 5.20. The van der Waals surface area contributed by atoms with Crippen molar-refractivity contribution in [3.8, 4) is 5.75 Å². The molecule has 0 aromatic heterocycles. The van der Waals surface area contributed by atoms with Crippen LogP contribution in [0, 0.1) is 0 Å². The van der Waals surface area contributed by atoms with E-state index in [0.29, 0.717) is 0 Å². The van der Waals surface area contributed by atoms with E-state index in [2.05, 4.69) is 9.46 Å². The Morgan fingerprint density at radius 1 is 1.36 bits per heavy atom. The second-order valence-corrected chi connectivity index (χ2v) is 4.20. The minimum Gasteiger partial charge on any atom is -0.430 e. The molecule has 0 saturated heterocycles. The Balaban J connectivity index is 2.64. The first kappa shape index (κ1) is 11.7. The molecule has 0 aliphatic heterocycles. The molecule has 0 fully saturated rings. The lowest BCUT2D eigenvalue weighted by atomic mass is 10.3. The molecule has 1 rings (SSSR count). The zero-order valence-corrected chi connectivity index (χ0v) is 9.43. The highest BCUT2D eigenvalue weighted by molar-refractivity contribution is 7.97. The number of benzene rings is 1. The van der Waals surface area contributed by atoms with Crippen LogP contribution in [-0.2, 0) is 0 Å². The lowest BCUT2D eigenvalue weighted by molar-refractivity contribution is -0.0892. The molecule has 0 spiro atoms. The number of alkyl halides is 2. The quantitative estimate of drug-likeness (QED) is 0.642. The summed E-state index contributed by atoms with van der Waals surface area (Å²) in [6.45, 7) is 0. The van der Waals surface area contributed by atoms with Gasteiger partial charge in [0.25, 0.3) is 0 Å². The Morgan fingerprint density at radius 2 is 1.93 bits per heavy atom. The highest BCUT2D eigenvalue weighted by Crippen LogP contribution is 2.28. The fourth-order valence-electron chi connectivity index (χ4n) is 0.851. The van der Waals surface area contributed by atoms with Gasteiger partial charge in [-0.3, -0.25) is 4.72 Å². The van der Waals surface area contributed by atoms with Gasteiger partial charge in [0.05, 0.1) is 0 Å². The van der Waals surface area contributed by atoms with Gasteiger partial charge >= 0.3 is 5.85 Å². The fraction of sp³-hybridized carbons (Fsp3) is 0.250. The molecule has 0 heterocycles. The Bertz CT molecular complexity index is 288. The van der Waals surface area contributed by atoms with Crippen LogP contribution in [0.4, 0.5) is 8.78 Å². The molecule has 6 heteroatoms. The minimum atomic E-state index is -3.21. The van der Waals surface area contributed by atoms with Crippen molar-refractivity contribution in [3.05, 3.63) is 24.3 Å². The van der Waals surface area contributed by atoms with Crippen molar-refractivity contribution < 1.29 is 13.5 Å². The van der Waals surface area contributed by atoms with E-state index in [1.807, 2.05) is 0 Å². The van der Waals surface area contributed by atoms with Gasteiger partial charge in [-0.05, 0) is 52.5 Å². The van der Waals surface area contributed by atoms with E-state index in [0.717, 1.165) is 4.90 Å². The van der Waals surface area contributed by atoms with Crippen molar-refractivity contribution in [1.29, 1.82) is 0 Å². The lowest BCUT2D eigenvalue weighted by Gasteiger charge is -2.12. The van der Waals surface area contributed by atoms with Gasteiger partial charge in [-0.25, -0.2) is 0 Å². The molecular formula is C8H10F2NOPS. The van der Waals surface area contributed by atoms with Crippen LogP contribution in [0.15, 0.2) is 29.2 Å². The average Bonchev–Trinajstić information content (AvgIpc) is 2.06. The zero-order chi connectivity index (χ0) is 10.6. The Kier molecular flexibility index (Phi) is 4.11. The molecule has 1 aromatic rings. The molecule has 0 aliphatic carbocycles. The van der Waals surface area contributed by atoms with Crippen LogP contribution in [0.5, 0.6) is 5.75 Å². The Labute approximate surface area is 87.7 Å². The zero-order valence-electron chi connectivity index (χ0n) is 7.46. The van der Waals surface area contributed by atoms with E-state index in [9.17, 15) is 8.78 Å². The van der Waals surface area contributed by atoms with Crippen LogP contribution in [0.2, 0.25) is 0 Å². The summed E-state index contributed by atoms with van der Waals surface area (Å²) >= 11 is 1.40. The monoisotopic (exact) mass is 237 g/mol. The minimum absolute atomic E-state index is 0.144. The van der Waals surface area contributed by atoms with Crippen LogP contribution in [0.25, 0.3) is 0 Å². The third-order valence-corrected chi connectivity index (χ3v) is 2.13. The molecule has 1 N–H and O–H groups in total. The Hall–Kier alpha value is -0.380. The number of nitrogens with one attached hydrogen (secondary N) is 1. The van der Waals surface area contributed by atoms with Crippen LogP contribution in [0.3, 0.4) is 0 Å². The molecule has 0 amide bonds. The number of rotatable bonds is 4. The first-order chi connectivity index (χ1) is 6.51. The van der Waals surface area contributed by atoms with Crippen molar-refractivity contribution in [2.75, 3.05) is 7.05 Å². The molecule has 0 bridgehead atoms. The second kappa shape index (κ2) is 4.91. The van der Waals surface area contributed by atoms with Crippen molar-refractivity contribution in [2.24, 2.45) is 0 Å². The summed E-state index contributed by atoms with van der Waals surface area (Å²) in [4.78, 5) is 0.937. The topological polar surface area (TPSA) is 21.3 Å². The number of halogens is 2. The van der Waals surface area contributed by atoms with Gasteiger partial charge in [-0.15, -0.1) is 0 Å². The van der Waals surface area contributed by atoms with E-state index in [-0.39, 0.29) is 5.75 Å². The smallest absolute Gasteiger partial charge is 0.408 e. The summed E-state index contributed by atoms with van der Waals surface area (Å²) in [7, 11) is 3.11. The predicted octanol–water partition coefficient (Wildman–Crippen LogP) is 2.72. The average molecular weight is 237 g/mol. The largest absolute Gasteiger partial charge is 0.430 e. The van der Waals surface area contributed by atoms with Crippen LogP contribution < -0.4 is 9.46 Å². The van der Waals surface area contributed by atoms with Crippen LogP contribution >= 0.6 is 21.2 Å². The van der Waals surface area contributed by atoms with Crippen molar-refractivity contribution in [1.82, 2.24) is 4.72 Å². The number of hydrogen-bond acceptors (Lipinski definition) is 3. The third kappa shape index (κ3) is 4.22. The molecule has 1 unspecified atom stereocenters. The van der Waals surface area contributed by atoms with Gasteiger partial charge in [-0.2, -0.15) is 8.78 Å². The van der Waals surface area contributed by atoms with Crippen molar-refractivity contribution >= 4 is 21.2 Å². The first-order valence-electron chi connectivity index (χ1n) is 3.80. The number of ether oxygens (including phenoxy) is 1. The summed E-state index contributed by atoms with van der Waals surface area (Å²) in [6.07, 6.45) is 0. The summed E-state index contributed by atoms with van der Waals surface area (Å²) in [5.74, 6) is -3.07. The van der Waals surface area contributed by atoms with Crippen molar-refractivity contribution in [3.63, 3.8) is 0 Å². The van der Waals surface area contributed by atoms with E-state index >= 15 is 0 Å². The predicted molar refractivity (Wildman–Crippen MR) is 56.6 cm³/mol. The molecule has 2 nitrogen and oxygen atoms in total. The molecule has 78 valence electrons. The maximum Gasteiger partial charge on any atom is 0.408 e. The molecule has 1 aromatic carbocycles. The van der Waals surface area contributed by atoms with Gasteiger partial charge in [-0.1, -0.05) is 0 Å². The SMILES string of the molecule is CNSc1ccc(OC(F)(F)P)cc1. The van der Waals surface area contributed by atoms with Crippen LogP contribution in [-0.4, -0.2) is 12.9 Å². The maximum atomic E-state index is 12.4. The molecule has 0 saturated carbocycles. The summed E-state index contributed by atoms with van der Waals surface area (Å²) in [6, 6.07) is 6.40. The van der Waals surface area contributed by atoms with Crippen molar-refractivity contribution in [2.45, 2.75) is 10.7 Å². The summed E-state index contributed by atoms with van der Waals surface area (Å²) < 4.78 is 32.0. The summed E-state index contributed by atoms with van der Waals surface area (Å²) in [5, 5.41) is 0. The molecule has 0 radical (unpaired) electrons. The molecule has 14 heavy (non-hydrogen) atoms. The Morgan fingerprint density at radius 3 is 2.36 bits per heavy atom. The highest BCUT2D eigenvalue weighted by Gasteiger charge is 2.22. The van der Waals surface area contributed by atoms with E-state index in [4.69, 9.17) is 0 Å². The second-order valence-electron chi connectivity index (χ2n) is 2.44. The van der Waals surface area contributed by atoms with Gasteiger partial charge in [0.1, 0.15) is 5.75 Å². The highest BCUT2D eigenvalue weighted by atomic mass is 32.2. The van der Waals surface area contributed by atoms with E-state index in [1.165, 1.54) is 33.3 Å². The summed E-state index contributed by atoms with van der Waals surface area (Å²) in [5.41, 5.74) is 0. The normalized spacial score (nSPS) is 11.4. The van der Waals surface area contributed by atoms with Gasteiger partial charge in [0, 0.05) is 4.90 Å². The van der Waals surface area contributed by atoms with E-state index in [1.54, 1.807) is 19.2 Å². The lowest BCUT2D eigenvalue weighted by Crippen LogP contribution is -2.14. The standard InChI is InChI=1S/C8H10F2NOPS/c1-11-14-7-4-2-6(3-5-7)12-8(9,10)13/h2-5,11H,13H2,1H3. The molecular weight excluding hydrogens is 227 g/mol.